The van der Waals surface area contributed by atoms with Crippen molar-refractivity contribution in [3.05, 3.63) is 81.0 Å². The number of hydrogen-bond donors (Lipinski definition) is 1. The van der Waals surface area contributed by atoms with E-state index in [1.165, 1.54) is 16.7 Å². The maximum Gasteiger partial charge on any atom is 0.332 e. The topological polar surface area (TPSA) is 130 Å². The number of hydrogen-bond acceptors (Lipinski definition) is 9. The number of nitrogens with zero attached hydrogens (tertiary/aromatic N) is 5. The Morgan fingerprint density at radius 2 is 1.56 bits per heavy atom. The molecule has 0 bridgehead atoms. The Morgan fingerprint density at radius 3 is 2.14 bits per heavy atom. The Bertz CT molecular complexity index is 1840. The van der Waals surface area contributed by atoms with Crippen molar-refractivity contribution < 1.29 is 17.3 Å². The number of fused-ring (bicyclic) bond motifs is 1. The summed E-state index contributed by atoms with van der Waals surface area (Å²) in [5.41, 5.74) is 0.641. The fraction of sp³-hybridized carbons (Fsp3) is 0.433. The van der Waals surface area contributed by atoms with E-state index in [9.17, 15) is 18.0 Å². The monoisotopic (exact) mass is 608 g/mol. The van der Waals surface area contributed by atoms with Crippen molar-refractivity contribution in [2.75, 3.05) is 26.5 Å². The summed E-state index contributed by atoms with van der Waals surface area (Å²) in [6.45, 7) is 1.07. The molecule has 12 nitrogen and oxygen atoms in total. The van der Waals surface area contributed by atoms with Gasteiger partial charge in [-0.1, -0.05) is 30.3 Å². The van der Waals surface area contributed by atoms with E-state index >= 15 is 0 Å². The molecule has 1 atom stereocenters. The van der Waals surface area contributed by atoms with Crippen molar-refractivity contribution in [2.45, 2.75) is 56.6 Å². The summed E-state index contributed by atoms with van der Waals surface area (Å²) in [4.78, 5) is 34.1. The van der Waals surface area contributed by atoms with Gasteiger partial charge in [-0.25, -0.2) is 8.98 Å². The highest BCUT2D eigenvalue weighted by molar-refractivity contribution is 7.86. The molecule has 1 unspecified atom stereocenters. The lowest BCUT2D eigenvalue weighted by Crippen LogP contribution is -2.41. The van der Waals surface area contributed by atoms with Gasteiger partial charge in [0.2, 0.25) is 12.3 Å². The molecule has 2 heterocycles. The van der Waals surface area contributed by atoms with Crippen molar-refractivity contribution in [2.24, 2.45) is 11.8 Å². The first kappa shape index (κ1) is 29.1. The zero-order valence-electron chi connectivity index (χ0n) is 24.5. The minimum Gasteiger partial charge on any atom is -0.497 e. The van der Waals surface area contributed by atoms with Crippen LogP contribution < -0.4 is 21.3 Å². The average molecular weight is 609 g/mol. The molecule has 0 radical (unpaired) electrons. The first-order chi connectivity index (χ1) is 20.6. The second-order valence-electron chi connectivity index (χ2n) is 11.6. The molecule has 4 aromatic rings. The predicted molar refractivity (Wildman–Crippen MR) is 162 cm³/mol. The first-order valence-electron chi connectivity index (χ1n) is 14.4. The first-order valence-corrected chi connectivity index (χ1v) is 15.8. The minimum atomic E-state index is -4.15. The normalized spacial score (nSPS) is 16.1. The third kappa shape index (κ3) is 6.24. The van der Waals surface area contributed by atoms with Gasteiger partial charge in [-0.2, -0.15) is 13.4 Å². The molecule has 1 N–H and O–H groups in total. The highest BCUT2D eigenvalue weighted by atomic mass is 32.2. The van der Waals surface area contributed by atoms with Crippen LogP contribution in [0.4, 0.5) is 5.95 Å². The largest absolute Gasteiger partial charge is 0.497 e. The third-order valence-corrected chi connectivity index (χ3v) is 9.15. The van der Waals surface area contributed by atoms with Crippen LogP contribution >= 0.6 is 0 Å². The standard InChI is InChI=1S/C30H36N6O6S/c1-33(2)29(42-43(39,40)24-7-5-4-6-8-24)32-28-31-26-25(34(28)17-22-13-15-23(41-3)16-14-22)27(37)36(19-21-11-12-21)30(38)35(26)18-20-9-10-20/h4-8,13-16,20-21,29H,9-12,17-19H2,1-3H3,(H,31,32). The molecule has 0 aliphatic heterocycles. The van der Waals surface area contributed by atoms with Crippen LogP contribution in [0.1, 0.15) is 31.2 Å². The van der Waals surface area contributed by atoms with Gasteiger partial charge in [0, 0.05) is 13.1 Å². The van der Waals surface area contributed by atoms with Crippen molar-refractivity contribution in [3.63, 3.8) is 0 Å². The minimum absolute atomic E-state index is 0.0108. The summed E-state index contributed by atoms with van der Waals surface area (Å²) in [5, 5.41) is 3.11. The number of anilines is 1. The summed E-state index contributed by atoms with van der Waals surface area (Å²) < 4.78 is 41.9. The number of ether oxygens (including phenoxy) is 1. The number of methoxy groups -OCH3 is 1. The van der Waals surface area contributed by atoms with E-state index in [0.29, 0.717) is 30.7 Å². The summed E-state index contributed by atoms with van der Waals surface area (Å²) in [7, 11) is 0.770. The van der Waals surface area contributed by atoms with Crippen LogP contribution in [-0.2, 0) is 33.9 Å². The Morgan fingerprint density at radius 1 is 0.930 bits per heavy atom. The van der Waals surface area contributed by atoms with Crippen LogP contribution in [0.25, 0.3) is 11.2 Å². The second-order valence-corrected chi connectivity index (χ2v) is 13.1. The zero-order chi connectivity index (χ0) is 30.3. The maximum absolute atomic E-state index is 14.0. The summed E-state index contributed by atoms with van der Waals surface area (Å²) in [5.74, 6) is 1.56. The van der Waals surface area contributed by atoms with Gasteiger partial charge < -0.3 is 10.1 Å². The molecule has 228 valence electrons. The van der Waals surface area contributed by atoms with Crippen LogP contribution in [-0.4, -0.2) is 59.6 Å². The number of rotatable bonds is 13. The molecule has 13 heteroatoms. The van der Waals surface area contributed by atoms with Gasteiger partial charge in [0.1, 0.15) is 5.75 Å². The fourth-order valence-corrected chi connectivity index (χ4v) is 6.09. The number of nitrogens with one attached hydrogen (secondary N) is 1. The van der Waals surface area contributed by atoms with Crippen molar-refractivity contribution in [3.8, 4) is 5.75 Å². The van der Waals surface area contributed by atoms with E-state index < -0.39 is 22.0 Å². The van der Waals surface area contributed by atoms with E-state index in [2.05, 4.69) is 5.32 Å². The quantitative estimate of drug-likeness (QED) is 0.180. The lowest BCUT2D eigenvalue weighted by Gasteiger charge is -2.25. The summed E-state index contributed by atoms with van der Waals surface area (Å²) in [6, 6.07) is 15.3. The summed E-state index contributed by atoms with van der Waals surface area (Å²) >= 11 is 0. The van der Waals surface area contributed by atoms with Gasteiger partial charge in [-0.3, -0.25) is 23.4 Å². The molecule has 2 saturated carbocycles. The highest BCUT2D eigenvalue weighted by Crippen LogP contribution is 2.32. The molecule has 6 rings (SSSR count). The predicted octanol–water partition coefficient (Wildman–Crippen LogP) is 2.90. The molecule has 0 saturated heterocycles. The Kier molecular flexibility index (Phi) is 7.88. The van der Waals surface area contributed by atoms with E-state index in [1.54, 1.807) is 53.4 Å². The van der Waals surface area contributed by atoms with Crippen LogP contribution in [0.5, 0.6) is 5.75 Å². The molecule has 2 aliphatic carbocycles. The van der Waals surface area contributed by atoms with E-state index in [4.69, 9.17) is 13.9 Å². The molecule has 2 fully saturated rings. The van der Waals surface area contributed by atoms with E-state index in [-0.39, 0.29) is 34.2 Å². The van der Waals surface area contributed by atoms with Crippen LogP contribution in [0, 0.1) is 11.8 Å². The number of imidazole rings is 1. The molecular weight excluding hydrogens is 572 g/mol. The Balaban J connectivity index is 1.48. The maximum atomic E-state index is 14.0. The lowest BCUT2D eigenvalue weighted by atomic mass is 10.2. The smallest absolute Gasteiger partial charge is 0.332 e. The van der Waals surface area contributed by atoms with Crippen molar-refractivity contribution in [1.29, 1.82) is 0 Å². The van der Waals surface area contributed by atoms with E-state index in [0.717, 1.165) is 31.2 Å². The molecule has 2 aromatic heterocycles. The van der Waals surface area contributed by atoms with Gasteiger partial charge in [0.25, 0.3) is 15.7 Å². The molecule has 2 aromatic carbocycles. The van der Waals surface area contributed by atoms with Crippen LogP contribution in [0.2, 0.25) is 0 Å². The zero-order valence-corrected chi connectivity index (χ0v) is 25.3. The molecule has 0 spiro atoms. The van der Waals surface area contributed by atoms with E-state index in [1.807, 2.05) is 24.3 Å². The van der Waals surface area contributed by atoms with Crippen LogP contribution in [0.3, 0.4) is 0 Å². The second kappa shape index (κ2) is 11.6. The van der Waals surface area contributed by atoms with Crippen molar-refractivity contribution >= 4 is 27.2 Å². The Hall–Kier alpha value is -3.94. The number of benzene rings is 2. The molecule has 2 aliphatic rings. The fourth-order valence-electron chi connectivity index (χ4n) is 5.02. The van der Waals surface area contributed by atoms with Gasteiger partial charge in [0.05, 0.1) is 18.6 Å². The van der Waals surface area contributed by atoms with Gasteiger partial charge >= 0.3 is 5.69 Å². The molecule has 43 heavy (non-hydrogen) atoms. The SMILES string of the molecule is COc1ccc(Cn2c(NC(OS(=O)(=O)c3ccccc3)N(C)C)nc3c2c(=O)n(CC2CC2)c(=O)n3CC2CC2)cc1. The average Bonchev–Trinajstić information content (AvgIpc) is 3.94. The number of aromatic nitrogens is 4. The van der Waals surface area contributed by atoms with Gasteiger partial charge in [0.15, 0.2) is 11.2 Å². The Labute approximate surface area is 249 Å². The highest BCUT2D eigenvalue weighted by Gasteiger charge is 2.31. The molecular formula is C30H36N6O6S. The van der Waals surface area contributed by atoms with Crippen molar-refractivity contribution in [1.82, 2.24) is 23.6 Å². The van der Waals surface area contributed by atoms with Gasteiger partial charge in [-0.05, 0) is 81.4 Å². The van der Waals surface area contributed by atoms with Gasteiger partial charge in [-0.15, -0.1) is 0 Å². The lowest BCUT2D eigenvalue weighted by molar-refractivity contribution is 0.0951. The third-order valence-electron chi connectivity index (χ3n) is 7.86. The summed E-state index contributed by atoms with van der Waals surface area (Å²) in [6.07, 6.45) is 2.83. The van der Waals surface area contributed by atoms with Crippen LogP contribution in [0.15, 0.2) is 69.1 Å². The molecule has 0 amide bonds.